The number of allylic oxidation sites excluding steroid dienone is 1. The summed E-state index contributed by atoms with van der Waals surface area (Å²) in [5.74, 6) is -1.04. The minimum absolute atomic E-state index is 0.0648. The van der Waals surface area contributed by atoms with Crippen molar-refractivity contribution < 1.29 is 14.3 Å². The maximum absolute atomic E-state index is 13.4. The number of esters is 1. The van der Waals surface area contributed by atoms with Gasteiger partial charge in [0.25, 0.3) is 5.91 Å². The van der Waals surface area contributed by atoms with Gasteiger partial charge in [-0.15, -0.1) is 0 Å². The Kier molecular flexibility index (Phi) is 7.16. The van der Waals surface area contributed by atoms with Crippen molar-refractivity contribution in [2.75, 3.05) is 6.61 Å². The lowest BCUT2D eigenvalue weighted by molar-refractivity contribution is -0.137. The van der Waals surface area contributed by atoms with Gasteiger partial charge < -0.3 is 4.74 Å². The quantitative estimate of drug-likeness (QED) is 0.290. The van der Waals surface area contributed by atoms with E-state index in [4.69, 9.17) is 33.0 Å². The van der Waals surface area contributed by atoms with Crippen molar-refractivity contribution in [2.24, 2.45) is 11.0 Å². The lowest BCUT2D eigenvalue weighted by atomic mass is 9.77. The zero-order valence-electron chi connectivity index (χ0n) is 19.3. The van der Waals surface area contributed by atoms with Gasteiger partial charge in [-0.05, 0) is 48.1 Å². The van der Waals surface area contributed by atoms with E-state index in [9.17, 15) is 9.59 Å². The van der Waals surface area contributed by atoms with Gasteiger partial charge in [-0.2, -0.15) is 5.10 Å². The van der Waals surface area contributed by atoms with Crippen LogP contribution in [0, 0.1) is 5.92 Å². The molecular formula is C28H23Cl2N3O3. The van der Waals surface area contributed by atoms with Crippen molar-refractivity contribution in [3.63, 3.8) is 0 Å². The van der Waals surface area contributed by atoms with Crippen LogP contribution >= 0.6 is 23.2 Å². The molecule has 182 valence electrons. The van der Waals surface area contributed by atoms with Gasteiger partial charge in [0.05, 0.1) is 22.3 Å². The molecule has 1 fully saturated rings. The fraction of sp³-hybridized carbons (Fsp3) is 0.214. The maximum atomic E-state index is 13.4. The highest BCUT2D eigenvalue weighted by atomic mass is 35.5. The minimum Gasteiger partial charge on any atom is -0.452 e. The van der Waals surface area contributed by atoms with Crippen LogP contribution < -0.4 is 0 Å². The number of halogens is 2. The average molecular weight is 520 g/mol. The van der Waals surface area contributed by atoms with Gasteiger partial charge in [0, 0.05) is 12.1 Å². The van der Waals surface area contributed by atoms with E-state index in [0.29, 0.717) is 0 Å². The summed E-state index contributed by atoms with van der Waals surface area (Å²) in [6.45, 7) is -0.455. The Morgan fingerprint density at radius 3 is 2.50 bits per heavy atom. The Balaban J connectivity index is 1.41. The number of ether oxygens (including phenoxy) is 1. The third kappa shape index (κ3) is 5.06. The smallest absolute Gasteiger partial charge is 0.340 e. The number of nitrogens with zero attached hydrogens (tertiary/aromatic N) is 3. The van der Waals surface area contributed by atoms with E-state index < -0.39 is 18.5 Å². The zero-order valence-corrected chi connectivity index (χ0v) is 20.8. The van der Waals surface area contributed by atoms with Crippen LogP contribution in [0.25, 0.3) is 6.08 Å². The van der Waals surface area contributed by atoms with Crippen LogP contribution in [0.1, 0.15) is 46.8 Å². The lowest BCUT2D eigenvalue weighted by Gasteiger charge is -2.29. The first-order valence-corrected chi connectivity index (χ1v) is 12.5. The molecule has 1 amide bonds. The first kappa shape index (κ1) is 24.2. The van der Waals surface area contributed by atoms with Crippen LogP contribution in [0.2, 0.25) is 10.2 Å². The Morgan fingerprint density at radius 1 is 1.06 bits per heavy atom. The topological polar surface area (TPSA) is 71.9 Å². The van der Waals surface area contributed by atoms with Crippen LogP contribution in [0.3, 0.4) is 0 Å². The number of hydrazone groups is 1. The molecule has 2 heterocycles. The highest BCUT2D eigenvalue weighted by Gasteiger charge is 2.43. The molecule has 0 spiro atoms. The largest absolute Gasteiger partial charge is 0.452 e. The summed E-state index contributed by atoms with van der Waals surface area (Å²) >= 11 is 11.8. The molecule has 1 aromatic heterocycles. The van der Waals surface area contributed by atoms with Crippen molar-refractivity contribution >= 4 is 46.9 Å². The van der Waals surface area contributed by atoms with Gasteiger partial charge in [0.2, 0.25) is 0 Å². The molecule has 1 aliphatic heterocycles. The van der Waals surface area contributed by atoms with Gasteiger partial charge in [-0.3, -0.25) is 4.79 Å². The van der Waals surface area contributed by atoms with Gasteiger partial charge in [-0.1, -0.05) is 83.9 Å². The molecule has 1 aliphatic carbocycles. The number of pyridine rings is 1. The van der Waals surface area contributed by atoms with E-state index in [1.54, 1.807) is 0 Å². The molecule has 2 aliphatic rings. The first-order chi connectivity index (χ1) is 17.5. The standard InChI is InChI=1S/C28H23Cl2N3O3/c29-23-15-21(16-31-27(23)30)28(35)36-17-24(34)33-26(19-10-5-2-6-11-19)22-13-7-12-20(25(22)32-33)14-18-8-3-1-4-9-18/h1-6,8-11,14-16,22,26H,7,12-13,17H2. The summed E-state index contributed by atoms with van der Waals surface area (Å²) in [5, 5.41) is 6.52. The van der Waals surface area contributed by atoms with E-state index in [1.165, 1.54) is 17.3 Å². The van der Waals surface area contributed by atoms with Crippen molar-refractivity contribution in [1.82, 2.24) is 9.99 Å². The molecule has 6 nitrogen and oxygen atoms in total. The number of fused-ring (bicyclic) bond motifs is 1. The number of aromatic nitrogens is 1. The fourth-order valence-corrected chi connectivity index (χ4v) is 5.02. The van der Waals surface area contributed by atoms with E-state index in [2.05, 4.69) is 23.2 Å². The van der Waals surface area contributed by atoms with E-state index in [0.717, 1.165) is 41.7 Å². The Hall–Kier alpha value is -3.48. The monoisotopic (exact) mass is 519 g/mol. The number of amides is 1. The van der Waals surface area contributed by atoms with Crippen LogP contribution in [-0.2, 0) is 9.53 Å². The van der Waals surface area contributed by atoms with Crippen LogP contribution in [-0.4, -0.2) is 34.2 Å². The predicted octanol–water partition coefficient (Wildman–Crippen LogP) is 6.37. The predicted molar refractivity (Wildman–Crippen MR) is 140 cm³/mol. The van der Waals surface area contributed by atoms with Gasteiger partial charge in [-0.25, -0.2) is 14.8 Å². The maximum Gasteiger partial charge on any atom is 0.340 e. The summed E-state index contributed by atoms with van der Waals surface area (Å²) < 4.78 is 5.30. The highest BCUT2D eigenvalue weighted by molar-refractivity contribution is 6.41. The molecule has 0 saturated heterocycles. The van der Waals surface area contributed by atoms with Gasteiger partial charge >= 0.3 is 5.97 Å². The number of carbonyl (C=O) groups excluding carboxylic acids is 2. The molecule has 8 heteroatoms. The summed E-state index contributed by atoms with van der Waals surface area (Å²) in [4.78, 5) is 29.7. The Morgan fingerprint density at radius 2 is 1.78 bits per heavy atom. The first-order valence-electron chi connectivity index (χ1n) is 11.7. The molecular weight excluding hydrogens is 497 g/mol. The molecule has 3 aromatic rings. The molecule has 0 bridgehead atoms. The van der Waals surface area contributed by atoms with Crippen molar-refractivity contribution in [1.29, 1.82) is 0 Å². The number of hydrogen-bond acceptors (Lipinski definition) is 5. The van der Waals surface area contributed by atoms with Gasteiger partial charge in [0.1, 0.15) is 5.15 Å². The number of rotatable bonds is 5. The molecule has 2 aromatic carbocycles. The summed E-state index contributed by atoms with van der Waals surface area (Å²) in [7, 11) is 0. The average Bonchev–Trinajstić information content (AvgIpc) is 3.30. The van der Waals surface area contributed by atoms with Gasteiger partial charge in [0.15, 0.2) is 6.61 Å². The summed E-state index contributed by atoms with van der Waals surface area (Å²) in [5.41, 5.74) is 4.27. The second-order valence-corrected chi connectivity index (χ2v) is 9.50. The summed E-state index contributed by atoms with van der Waals surface area (Å²) in [6, 6.07) is 21.1. The SMILES string of the molecule is O=C(OCC(=O)N1N=C2C(=Cc3ccccc3)CCCC2C1c1ccccc1)c1cnc(Cl)c(Cl)c1. The third-order valence-corrected chi connectivity index (χ3v) is 7.08. The van der Waals surface area contributed by atoms with Crippen molar-refractivity contribution in [3.05, 3.63) is 105 Å². The van der Waals surface area contributed by atoms with Crippen molar-refractivity contribution in [2.45, 2.75) is 25.3 Å². The Labute approximate surface area is 219 Å². The molecule has 0 radical (unpaired) electrons. The second kappa shape index (κ2) is 10.6. The van der Waals surface area contributed by atoms with Crippen LogP contribution in [0.15, 0.2) is 83.6 Å². The minimum atomic E-state index is -0.709. The number of benzene rings is 2. The van der Waals surface area contributed by atoms with E-state index >= 15 is 0 Å². The van der Waals surface area contributed by atoms with Crippen LogP contribution in [0.5, 0.6) is 0 Å². The normalized spacial score (nSPS) is 20.1. The Bertz CT molecular complexity index is 1340. The van der Waals surface area contributed by atoms with Crippen molar-refractivity contribution in [3.8, 4) is 0 Å². The van der Waals surface area contributed by atoms with Crippen LogP contribution in [0.4, 0.5) is 0 Å². The number of carbonyl (C=O) groups is 2. The highest BCUT2D eigenvalue weighted by Crippen LogP contribution is 2.44. The molecule has 5 rings (SSSR count). The van der Waals surface area contributed by atoms with E-state index in [-0.39, 0.29) is 27.7 Å². The molecule has 2 atom stereocenters. The molecule has 36 heavy (non-hydrogen) atoms. The zero-order chi connectivity index (χ0) is 25.1. The van der Waals surface area contributed by atoms with E-state index in [1.807, 2.05) is 48.5 Å². The molecule has 0 N–H and O–H groups in total. The molecule has 1 saturated carbocycles. The summed E-state index contributed by atoms with van der Waals surface area (Å²) in [6.07, 6.45) is 6.24. The number of hydrogen-bond donors (Lipinski definition) is 0. The third-order valence-electron chi connectivity index (χ3n) is 6.40. The lowest BCUT2D eigenvalue weighted by Crippen LogP contribution is -2.34. The fourth-order valence-electron chi connectivity index (χ4n) is 4.75. The molecule has 2 unspecified atom stereocenters. The second-order valence-electron chi connectivity index (χ2n) is 8.73.